The van der Waals surface area contributed by atoms with Crippen LogP contribution in [0.25, 0.3) is 0 Å². The first-order valence-electron chi connectivity index (χ1n) is 8.79. The molecule has 1 aliphatic heterocycles. The first-order chi connectivity index (χ1) is 12.5. The molecule has 26 heavy (non-hydrogen) atoms. The average Bonchev–Trinajstić information content (AvgIpc) is 2.63. The van der Waals surface area contributed by atoms with Crippen molar-refractivity contribution in [3.8, 4) is 0 Å². The Morgan fingerprint density at radius 1 is 1.08 bits per heavy atom. The summed E-state index contributed by atoms with van der Waals surface area (Å²) in [5.74, 6) is 0.915. The lowest BCUT2D eigenvalue weighted by Crippen LogP contribution is -2.39. The SMILES string of the molecule is CC(=O)Nc1ccc(Nc2ccc(C(=O)N3CCCC(C)C3)nn2)cc1. The van der Waals surface area contributed by atoms with Gasteiger partial charge in [0.15, 0.2) is 11.5 Å². The summed E-state index contributed by atoms with van der Waals surface area (Å²) in [5, 5.41) is 14.0. The minimum absolute atomic E-state index is 0.0599. The lowest BCUT2D eigenvalue weighted by Gasteiger charge is -2.30. The van der Waals surface area contributed by atoms with E-state index in [9.17, 15) is 9.59 Å². The Kier molecular flexibility index (Phi) is 5.46. The normalized spacial score (nSPS) is 16.8. The molecule has 1 aromatic heterocycles. The smallest absolute Gasteiger partial charge is 0.274 e. The summed E-state index contributed by atoms with van der Waals surface area (Å²) < 4.78 is 0. The number of piperidine rings is 1. The van der Waals surface area contributed by atoms with E-state index >= 15 is 0 Å². The van der Waals surface area contributed by atoms with Gasteiger partial charge in [0.25, 0.3) is 5.91 Å². The van der Waals surface area contributed by atoms with Crippen LogP contribution in [-0.4, -0.2) is 40.0 Å². The molecule has 1 aromatic carbocycles. The molecule has 136 valence electrons. The molecular formula is C19H23N5O2. The lowest BCUT2D eigenvalue weighted by atomic mass is 10.00. The van der Waals surface area contributed by atoms with E-state index in [-0.39, 0.29) is 11.8 Å². The third-order valence-electron chi connectivity index (χ3n) is 4.31. The molecule has 3 rings (SSSR count). The fourth-order valence-corrected chi connectivity index (χ4v) is 3.04. The first kappa shape index (κ1) is 17.8. The lowest BCUT2D eigenvalue weighted by molar-refractivity contribution is -0.114. The molecule has 1 fully saturated rings. The second kappa shape index (κ2) is 7.95. The molecule has 2 aromatic rings. The molecule has 1 aliphatic rings. The predicted octanol–water partition coefficient (Wildman–Crippen LogP) is 3.05. The summed E-state index contributed by atoms with van der Waals surface area (Å²) in [5.41, 5.74) is 1.91. The standard InChI is InChI=1S/C19H23N5O2/c1-13-4-3-11-24(12-13)19(26)17-9-10-18(23-22-17)21-16-7-5-15(6-8-16)20-14(2)25/h5-10,13H,3-4,11-12H2,1-2H3,(H,20,25)(H,21,23). The highest BCUT2D eigenvalue weighted by molar-refractivity contribution is 5.92. The number of likely N-dealkylation sites (tertiary alicyclic amines) is 1. The molecule has 7 heteroatoms. The molecule has 0 bridgehead atoms. The topological polar surface area (TPSA) is 87.2 Å². The molecule has 7 nitrogen and oxygen atoms in total. The number of hydrogen-bond acceptors (Lipinski definition) is 5. The molecule has 0 radical (unpaired) electrons. The van der Waals surface area contributed by atoms with E-state index < -0.39 is 0 Å². The summed E-state index contributed by atoms with van der Waals surface area (Å²) in [6.45, 7) is 5.19. The van der Waals surface area contributed by atoms with Crippen LogP contribution in [0.5, 0.6) is 0 Å². The van der Waals surface area contributed by atoms with Gasteiger partial charge >= 0.3 is 0 Å². The largest absolute Gasteiger partial charge is 0.339 e. The number of benzene rings is 1. The second-order valence-corrected chi connectivity index (χ2v) is 6.69. The van der Waals surface area contributed by atoms with E-state index in [4.69, 9.17) is 0 Å². The Bertz CT molecular complexity index is 774. The number of anilines is 3. The maximum atomic E-state index is 12.5. The maximum absolute atomic E-state index is 12.5. The average molecular weight is 353 g/mol. The zero-order chi connectivity index (χ0) is 18.5. The molecule has 1 unspecified atom stereocenters. The van der Waals surface area contributed by atoms with Crippen molar-refractivity contribution in [3.63, 3.8) is 0 Å². The van der Waals surface area contributed by atoms with E-state index in [1.807, 2.05) is 17.0 Å². The number of aromatic nitrogens is 2. The summed E-state index contributed by atoms with van der Waals surface area (Å²) >= 11 is 0. The van der Waals surface area contributed by atoms with Crippen molar-refractivity contribution in [3.05, 3.63) is 42.1 Å². The Hall–Kier alpha value is -2.96. The van der Waals surface area contributed by atoms with Gasteiger partial charge in [-0.25, -0.2) is 0 Å². The van der Waals surface area contributed by atoms with Crippen LogP contribution in [0.15, 0.2) is 36.4 Å². The van der Waals surface area contributed by atoms with E-state index in [0.29, 0.717) is 17.4 Å². The Balaban J connectivity index is 1.62. The summed E-state index contributed by atoms with van der Waals surface area (Å²) in [7, 11) is 0. The van der Waals surface area contributed by atoms with Gasteiger partial charge in [-0.2, -0.15) is 0 Å². The van der Waals surface area contributed by atoms with Gasteiger partial charge in [0.1, 0.15) is 0 Å². The van der Waals surface area contributed by atoms with Crippen LogP contribution < -0.4 is 10.6 Å². The van der Waals surface area contributed by atoms with Crippen LogP contribution in [0.3, 0.4) is 0 Å². The van der Waals surface area contributed by atoms with E-state index in [1.165, 1.54) is 13.3 Å². The van der Waals surface area contributed by atoms with E-state index in [2.05, 4.69) is 27.8 Å². The molecule has 1 atom stereocenters. The number of amides is 2. The van der Waals surface area contributed by atoms with E-state index in [1.54, 1.807) is 24.3 Å². The third-order valence-corrected chi connectivity index (χ3v) is 4.31. The first-order valence-corrected chi connectivity index (χ1v) is 8.79. The molecule has 2 heterocycles. The minimum atomic E-state index is -0.111. The monoisotopic (exact) mass is 353 g/mol. The molecular weight excluding hydrogens is 330 g/mol. The van der Waals surface area contributed by atoms with Crippen molar-refractivity contribution in [1.29, 1.82) is 0 Å². The van der Waals surface area contributed by atoms with Crippen LogP contribution in [-0.2, 0) is 4.79 Å². The fraction of sp³-hybridized carbons (Fsp3) is 0.368. The number of carbonyl (C=O) groups excluding carboxylic acids is 2. The maximum Gasteiger partial charge on any atom is 0.274 e. The van der Waals surface area contributed by atoms with Crippen LogP contribution in [0.1, 0.15) is 37.2 Å². The number of nitrogens with zero attached hydrogens (tertiary/aromatic N) is 3. The quantitative estimate of drug-likeness (QED) is 0.882. The molecule has 0 spiro atoms. The highest BCUT2D eigenvalue weighted by Gasteiger charge is 2.23. The van der Waals surface area contributed by atoms with Gasteiger partial charge in [-0.15, -0.1) is 10.2 Å². The number of rotatable bonds is 4. The van der Waals surface area contributed by atoms with Crippen molar-refractivity contribution < 1.29 is 9.59 Å². The van der Waals surface area contributed by atoms with Gasteiger partial charge in [-0.05, 0) is 55.2 Å². The number of carbonyl (C=O) groups is 2. The molecule has 2 amide bonds. The van der Waals surface area contributed by atoms with Gasteiger partial charge < -0.3 is 15.5 Å². The Morgan fingerprint density at radius 3 is 2.42 bits per heavy atom. The van der Waals surface area contributed by atoms with Gasteiger partial charge in [0.05, 0.1) is 0 Å². The third kappa shape index (κ3) is 4.56. The fourth-order valence-electron chi connectivity index (χ4n) is 3.04. The second-order valence-electron chi connectivity index (χ2n) is 6.69. The van der Waals surface area contributed by atoms with Crippen LogP contribution >= 0.6 is 0 Å². The van der Waals surface area contributed by atoms with Crippen molar-refractivity contribution in [1.82, 2.24) is 15.1 Å². The molecule has 1 saturated heterocycles. The highest BCUT2D eigenvalue weighted by Crippen LogP contribution is 2.19. The predicted molar refractivity (Wildman–Crippen MR) is 100 cm³/mol. The van der Waals surface area contributed by atoms with Crippen molar-refractivity contribution in [2.45, 2.75) is 26.7 Å². The van der Waals surface area contributed by atoms with Gasteiger partial charge in [-0.3, -0.25) is 9.59 Å². The number of nitrogens with one attached hydrogen (secondary N) is 2. The summed E-state index contributed by atoms with van der Waals surface area (Å²) in [6.07, 6.45) is 2.20. The molecule has 0 saturated carbocycles. The van der Waals surface area contributed by atoms with E-state index in [0.717, 1.165) is 30.9 Å². The van der Waals surface area contributed by atoms with Crippen molar-refractivity contribution in [2.24, 2.45) is 5.92 Å². The molecule has 2 N–H and O–H groups in total. The van der Waals surface area contributed by atoms with Crippen LogP contribution in [0.2, 0.25) is 0 Å². The zero-order valence-corrected chi connectivity index (χ0v) is 15.0. The van der Waals surface area contributed by atoms with Gasteiger partial charge in [0, 0.05) is 31.4 Å². The minimum Gasteiger partial charge on any atom is -0.339 e. The van der Waals surface area contributed by atoms with Crippen molar-refractivity contribution in [2.75, 3.05) is 23.7 Å². The zero-order valence-electron chi connectivity index (χ0n) is 15.0. The molecule has 0 aliphatic carbocycles. The van der Waals surface area contributed by atoms with Crippen LogP contribution in [0.4, 0.5) is 17.2 Å². The van der Waals surface area contributed by atoms with Gasteiger partial charge in [0.2, 0.25) is 5.91 Å². The van der Waals surface area contributed by atoms with Gasteiger partial charge in [-0.1, -0.05) is 6.92 Å². The number of hydrogen-bond donors (Lipinski definition) is 2. The van der Waals surface area contributed by atoms with Crippen LogP contribution in [0, 0.1) is 5.92 Å². The summed E-state index contributed by atoms with van der Waals surface area (Å²) in [4.78, 5) is 25.4. The summed E-state index contributed by atoms with van der Waals surface area (Å²) in [6, 6.07) is 10.7. The highest BCUT2D eigenvalue weighted by atomic mass is 16.2. The Labute approximate surface area is 152 Å². The van der Waals surface area contributed by atoms with Crippen molar-refractivity contribution >= 4 is 29.0 Å². The Morgan fingerprint density at radius 2 is 1.81 bits per heavy atom.